The zero-order valence-electron chi connectivity index (χ0n) is 19.6. The number of rotatable bonds is 6. The largest absolute Gasteiger partial charge is 0.373 e. The van der Waals surface area contributed by atoms with E-state index < -0.39 is 0 Å². The number of aryl methyl sites for hydroxylation is 2. The number of hydrogen-bond acceptors (Lipinski definition) is 3. The first-order chi connectivity index (χ1) is 15.3. The second kappa shape index (κ2) is 9.01. The fourth-order valence-corrected chi connectivity index (χ4v) is 4.25. The van der Waals surface area contributed by atoms with Crippen LogP contribution in [0.25, 0.3) is 22.8 Å². The molecule has 0 spiro atoms. The summed E-state index contributed by atoms with van der Waals surface area (Å²) in [7, 11) is 6.28. The molecule has 1 aliphatic rings. The number of hydrogen-bond donors (Lipinski definition) is 1. The van der Waals surface area contributed by atoms with E-state index in [1.807, 2.05) is 30.3 Å². The summed E-state index contributed by atoms with van der Waals surface area (Å²) in [6.45, 7) is 6.11. The second-order valence-electron chi connectivity index (χ2n) is 8.93. The lowest BCUT2D eigenvalue weighted by atomic mass is 9.96. The Morgan fingerprint density at radius 1 is 0.844 bits per heavy atom. The predicted octanol–water partition coefficient (Wildman–Crippen LogP) is 5.46. The molecule has 4 heteroatoms. The molecule has 0 saturated carbocycles. The highest BCUT2D eigenvalue weighted by atomic mass is 16.2. The van der Waals surface area contributed by atoms with Crippen molar-refractivity contribution < 1.29 is 4.79 Å². The van der Waals surface area contributed by atoms with Crippen LogP contribution in [-0.2, 0) is 4.79 Å². The highest BCUT2D eigenvalue weighted by Gasteiger charge is 2.24. The average Bonchev–Trinajstić information content (AvgIpc) is 3.06. The molecule has 1 aliphatic heterocycles. The van der Waals surface area contributed by atoms with Crippen LogP contribution >= 0.6 is 0 Å². The Balaban J connectivity index is 1.82. The summed E-state index contributed by atoms with van der Waals surface area (Å²) in [5.74, 6) is -0.0510. The molecule has 1 heterocycles. The zero-order chi connectivity index (χ0) is 22.8. The maximum atomic E-state index is 12.8. The Hall–Kier alpha value is -3.37. The van der Waals surface area contributed by atoms with Gasteiger partial charge in [0.1, 0.15) is 0 Å². The number of benzene rings is 3. The van der Waals surface area contributed by atoms with E-state index >= 15 is 0 Å². The predicted molar refractivity (Wildman–Crippen MR) is 136 cm³/mol. The molecule has 32 heavy (non-hydrogen) atoms. The number of fused-ring (bicyclic) bond motifs is 1. The van der Waals surface area contributed by atoms with Gasteiger partial charge in [-0.1, -0.05) is 53.6 Å². The Morgan fingerprint density at radius 2 is 1.56 bits per heavy atom. The quantitative estimate of drug-likeness (QED) is 0.533. The smallest absolute Gasteiger partial charge is 0.256 e. The van der Waals surface area contributed by atoms with Crippen molar-refractivity contribution in [3.63, 3.8) is 0 Å². The highest BCUT2D eigenvalue weighted by molar-refractivity contribution is 6.35. The lowest BCUT2D eigenvalue weighted by Crippen LogP contribution is -2.28. The molecule has 3 aromatic carbocycles. The standard InChI is InChI=1S/C28H31N3O/c1-19-14-20(2)16-22(15-19)21-10-11-27(31(5)13-12-30(3)4)23(17-21)18-25-24-8-6-7-9-26(24)29-28(25)32/h6-11,14-18H,12-13H2,1-5H3,(H,29,32)/b25-18-. The van der Waals surface area contributed by atoms with Crippen LogP contribution in [0.2, 0.25) is 0 Å². The van der Waals surface area contributed by atoms with Crippen molar-refractivity contribution in [3.05, 3.63) is 82.9 Å². The van der Waals surface area contributed by atoms with Crippen molar-refractivity contribution in [2.24, 2.45) is 0 Å². The average molecular weight is 426 g/mol. The molecule has 0 fully saturated rings. The van der Waals surface area contributed by atoms with Gasteiger partial charge >= 0.3 is 0 Å². The van der Waals surface area contributed by atoms with Gasteiger partial charge in [0.15, 0.2) is 0 Å². The number of carbonyl (C=O) groups excluding carboxylic acids is 1. The van der Waals surface area contributed by atoms with Gasteiger partial charge in [0.05, 0.1) is 0 Å². The molecular formula is C28H31N3O. The van der Waals surface area contributed by atoms with Crippen LogP contribution in [-0.4, -0.2) is 45.0 Å². The lowest BCUT2D eigenvalue weighted by Gasteiger charge is -2.24. The first-order valence-corrected chi connectivity index (χ1v) is 11.0. The Labute approximate surface area is 191 Å². The van der Waals surface area contributed by atoms with Gasteiger partial charge in [0, 0.05) is 42.6 Å². The van der Waals surface area contributed by atoms with Gasteiger partial charge in [-0.25, -0.2) is 0 Å². The van der Waals surface area contributed by atoms with Gasteiger partial charge in [-0.15, -0.1) is 0 Å². The van der Waals surface area contributed by atoms with E-state index in [-0.39, 0.29) is 5.91 Å². The van der Waals surface area contributed by atoms with Crippen LogP contribution in [0.5, 0.6) is 0 Å². The number of anilines is 2. The summed E-state index contributed by atoms with van der Waals surface area (Å²) >= 11 is 0. The lowest BCUT2D eigenvalue weighted by molar-refractivity contribution is -0.110. The SMILES string of the molecule is Cc1cc(C)cc(-c2ccc(N(C)CCN(C)C)c(/C=C3\C(=O)Nc4ccccc43)c2)c1. The molecule has 0 unspecified atom stereocenters. The van der Waals surface area contributed by atoms with Crippen molar-refractivity contribution in [1.82, 2.24) is 4.90 Å². The van der Waals surface area contributed by atoms with Crippen LogP contribution in [0.3, 0.4) is 0 Å². The van der Waals surface area contributed by atoms with Crippen molar-refractivity contribution in [1.29, 1.82) is 0 Å². The Bertz CT molecular complexity index is 1170. The zero-order valence-corrected chi connectivity index (χ0v) is 19.6. The van der Waals surface area contributed by atoms with E-state index in [9.17, 15) is 4.79 Å². The van der Waals surface area contributed by atoms with Gasteiger partial charge in [-0.2, -0.15) is 0 Å². The third kappa shape index (κ3) is 4.61. The fourth-order valence-electron chi connectivity index (χ4n) is 4.25. The van der Waals surface area contributed by atoms with E-state index in [1.54, 1.807) is 0 Å². The second-order valence-corrected chi connectivity index (χ2v) is 8.93. The van der Waals surface area contributed by atoms with Gasteiger partial charge in [-0.05, 0) is 68.9 Å². The molecule has 1 N–H and O–H groups in total. The number of likely N-dealkylation sites (N-methyl/N-ethyl adjacent to an activating group) is 2. The van der Waals surface area contributed by atoms with Crippen molar-refractivity contribution in [2.75, 3.05) is 44.4 Å². The molecule has 0 radical (unpaired) electrons. The van der Waals surface area contributed by atoms with Crippen LogP contribution in [0.1, 0.15) is 22.3 Å². The third-order valence-electron chi connectivity index (χ3n) is 5.89. The summed E-state index contributed by atoms with van der Waals surface area (Å²) in [6.07, 6.45) is 2.04. The van der Waals surface area contributed by atoms with Crippen LogP contribution < -0.4 is 10.2 Å². The molecule has 4 nitrogen and oxygen atoms in total. The topological polar surface area (TPSA) is 35.6 Å². The fraction of sp³-hybridized carbons (Fsp3) is 0.250. The molecular weight excluding hydrogens is 394 g/mol. The van der Waals surface area contributed by atoms with E-state index in [4.69, 9.17) is 0 Å². The molecule has 0 aliphatic carbocycles. The van der Waals surface area contributed by atoms with Crippen LogP contribution in [0.4, 0.5) is 11.4 Å². The molecule has 4 rings (SSSR count). The highest BCUT2D eigenvalue weighted by Crippen LogP contribution is 2.36. The molecule has 0 saturated heterocycles. The maximum absolute atomic E-state index is 12.8. The van der Waals surface area contributed by atoms with E-state index in [1.165, 1.54) is 16.7 Å². The van der Waals surface area contributed by atoms with E-state index in [0.717, 1.165) is 41.2 Å². The minimum atomic E-state index is -0.0510. The number of amides is 1. The Kier molecular flexibility index (Phi) is 6.15. The maximum Gasteiger partial charge on any atom is 0.256 e. The van der Waals surface area contributed by atoms with Crippen molar-refractivity contribution >= 4 is 28.9 Å². The number of nitrogens with one attached hydrogen (secondary N) is 1. The van der Waals surface area contributed by atoms with Crippen molar-refractivity contribution in [3.8, 4) is 11.1 Å². The van der Waals surface area contributed by atoms with E-state index in [0.29, 0.717) is 5.57 Å². The molecule has 164 valence electrons. The van der Waals surface area contributed by atoms with Crippen LogP contribution in [0, 0.1) is 13.8 Å². The van der Waals surface area contributed by atoms with Crippen molar-refractivity contribution in [2.45, 2.75) is 13.8 Å². The normalized spacial score (nSPS) is 14.1. The van der Waals surface area contributed by atoms with E-state index in [2.05, 4.69) is 86.5 Å². The molecule has 0 bridgehead atoms. The first kappa shape index (κ1) is 21.8. The summed E-state index contributed by atoms with van der Waals surface area (Å²) in [5, 5.41) is 2.99. The molecule has 0 atom stereocenters. The van der Waals surface area contributed by atoms with Gasteiger partial charge in [0.25, 0.3) is 5.91 Å². The number of para-hydroxylation sites is 1. The summed E-state index contributed by atoms with van der Waals surface area (Å²) in [4.78, 5) is 17.2. The molecule has 0 aromatic heterocycles. The number of nitrogens with zero attached hydrogens (tertiary/aromatic N) is 2. The molecule has 1 amide bonds. The monoisotopic (exact) mass is 425 g/mol. The minimum absolute atomic E-state index is 0.0510. The van der Waals surface area contributed by atoms with Gasteiger partial charge in [-0.3, -0.25) is 4.79 Å². The summed E-state index contributed by atoms with van der Waals surface area (Å²) < 4.78 is 0. The van der Waals surface area contributed by atoms with Gasteiger partial charge < -0.3 is 15.1 Å². The third-order valence-corrected chi connectivity index (χ3v) is 5.89. The number of carbonyl (C=O) groups is 1. The van der Waals surface area contributed by atoms with Gasteiger partial charge in [0.2, 0.25) is 0 Å². The minimum Gasteiger partial charge on any atom is -0.373 e. The Morgan fingerprint density at radius 3 is 2.28 bits per heavy atom. The summed E-state index contributed by atoms with van der Waals surface area (Å²) in [6, 6.07) is 21.1. The summed E-state index contributed by atoms with van der Waals surface area (Å²) in [5.41, 5.74) is 9.54. The molecule has 3 aromatic rings. The van der Waals surface area contributed by atoms with Crippen LogP contribution in [0.15, 0.2) is 60.7 Å². The first-order valence-electron chi connectivity index (χ1n) is 11.0.